The Morgan fingerprint density at radius 2 is 1.44 bits per heavy atom. The van der Waals surface area contributed by atoms with Crippen LogP contribution in [0, 0.1) is 0 Å². The zero-order chi connectivity index (χ0) is 28.8. The average molecular weight is 541 g/mol. The van der Waals surface area contributed by atoms with E-state index >= 15 is 0 Å². The number of carbonyl (C=O) groups excluding carboxylic acids is 3. The molecule has 0 spiro atoms. The highest BCUT2D eigenvalue weighted by Crippen LogP contribution is 2.28. The predicted molar refractivity (Wildman–Crippen MR) is 148 cm³/mol. The quantitative estimate of drug-likeness (QED) is 0.237. The molecule has 10 nitrogen and oxygen atoms in total. The molecule has 10 heteroatoms. The number of unbranched alkanes of at least 4 members (excludes halogenated alkanes) is 2. The van der Waals surface area contributed by atoms with Crippen molar-refractivity contribution in [2.75, 3.05) is 19.8 Å². The highest BCUT2D eigenvalue weighted by Gasteiger charge is 2.25. The number of amides is 3. The lowest BCUT2D eigenvalue weighted by molar-refractivity contribution is -0.120. The Kier molecular flexibility index (Phi) is 12.9. The van der Waals surface area contributed by atoms with Gasteiger partial charge in [0, 0.05) is 25.1 Å². The molecule has 0 heterocycles. The largest absolute Gasteiger partial charge is 0.494 e. The summed E-state index contributed by atoms with van der Waals surface area (Å²) in [6.45, 7) is 10.3. The number of ether oxygens (including phenoxy) is 3. The summed E-state index contributed by atoms with van der Waals surface area (Å²) in [6.07, 6.45) is 2.58. The Morgan fingerprint density at radius 3 is 2.00 bits per heavy atom. The summed E-state index contributed by atoms with van der Waals surface area (Å²) in [4.78, 5) is 37.1. The van der Waals surface area contributed by atoms with Gasteiger partial charge in [-0.25, -0.2) is 0 Å². The van der Waals surface area contributed by atoms with Crippen LogP contribution in [0.3, 0.4) is 0 Å². The number of rotatable bonds is 16. The average Bonchev–Trinajstić information content (AvgIpc) is 2.87. The van der Waals surface area contributed by atoms with Gasteiger partial charge in [-0.1, -0.05) is 12.1 Å². The fraction of sp³-hybridized carbons (Fsp3) is 0.483. The van der Waals surface area contributed by atoms with Crippen molar-refractivity contribution in [2.24, 2.45) is 16.0 Å². The fourth-order valence-electron chi connectivity index (χ4n) is 3.91. The van der Waals surface area contributed by atoms with E-state index in [2.05, 4.69) is 10.2 Å². The van der Waals surface area contributed by atoms with Crippen LogP contribution in [0.2, 0.25) is 0 Å². The van der Waals surface area contributed by atoms with E-state index in [1.54, 1.807) is 23.1 Å². The first-order valence-electron chi connectivity index (χ1n) is 13.2. The second kappa shape index (κ2) is 16.1. The van der Waals surface area contributed by atoms with Crippen LogP contribution >= 0.6 is 0 Å². The maximum absolute atomic E-state index is 13.2. The summed E-state index contributed by atoms with van der Waals surface area (Å²) in [5, 5.41) is 7.33. The van der Waals surface area contributed by atoms with Crippen LogP contribution in [0.1, 0.15) is 69.8 Å². The number of carbonyl (C=O) groups is 3. The molecule has 2 aromatic carbocycles. The topological polar surface area (TPSA) is 133 Å². The van der Waals surface area contributed by atoms with E-state index in [9.17, 15) is 14.4 Å². The molecule has 2 rings (SSSR count). The first-order chi connectivity index (χ1) is 18.6. The van der Waals surface area contributed by atoms with E-state index in [4.69, 9.17) is 19.9 Å². The van der Waals surface area contributed by atoms with Crippen LogP contribution in [-0.2, 0) is 16.1 Å². The van der Waals surface area contributed by atoms with E-state index in [0.29, 0.717) is 31.1 Å². The van der Waals surface area contributed by atoms with Gasteiger partial charge in [0.25, 0.3) is 17.7 Å². The Balaban J connectivity index is 1.82. The molecule has 2 aromatic rings. The molecule has 212 valence electrons. The van der Waals surface area contributed by atoms with Gasteiger partial charge in [0.15, 0.2) is 6.61 Å². The van der Waals surface area contributed by atoms with Crippen molar-refractivity contribution >= 4 is 17.7 Å². The number of hydrogen-bond acceptors (Lipinski definition) is 7. The van der Waals surface area contributed by atoms with E-state index in [-0.39, 0.29) is 36.3 Å². The molecule has 0 saturated heterocycles. The zero-order valence-electron chi connectivity index (χ0n) is 23.5. The summed E-state index contributed by atoms with van der Waals surface area (Å²) in [5.74, 6) is 0.460. The van der Waals surface area contributed by atoms with E-state index in [1.165, 1.54) is 6.92 Å². The van der Waals surface area contributed by atoms with Gasteiger partial charge in [0.05, 0.1) is 25.3 Å². The monoisotopic (exact) mass is 540 g/mol. The highest BCUT2D eigenvalue weighted by atomic mass is 16.5. The van der Waals surface area contributed by atoms with Gasteiger partial charge in [-0.2, -0.15) is 5.11 Å². The van der Waals surface area contributed by atoms with Crippen LogP contribution in [0.4, 0.5) is 0 Å². The molecule has 0 aromatic heterocycles. The maximum Gasteiger partial charge on any atom is 0.261 e. The second-order valence-corrected chi connectivity index (χ2v) is 9.63. The van der Waals surface area contributed by atoms with Crippen LogP contribution in [0.5, 0.6) is 17.2 Å². The molecule has 0 aliphatic rings. The molecule has 39 heavy (non-hydrogen) atoms. The normalized spacial score (nSPS) is 11.2. The number of benzene rings is 2. The summed E-state index contributed by atoms with van der Waals surface area (Å²) in [7, 11) is 0. The van der Waals surface area contributed by atoms with Gasteiger partial charge in [-0.15, -0.1) is 5.11 Å². The van der Waals surface area contributed by atoms with Crippen molar-refractivity contribution in [3.63, 3.8) is 0 Å². The molecule has 0 aliphatic heterocycles. The molecule has 0 fully saturated rings. The van der Waals surface area contributed by atoms with Crippen LogP contribution in [0.25, 0.3) is 0 Å². The molecule has 0 radical (unpaired) electrons. The molecule has 2 N–H and O–H groups in total. The third-order valence-electron chi connectivity index (χ3n) is 5.61. The van der Waals surface area contributed by atoms with Gasteiger partial charge in [-0.3, -0.25) is 14.4 Å². The highest BCUT2D eigenvalue weighted by molar-refractivity contribution is 5.97. The lowest BCUT2D eigenvalue weighted by Crippen LogP contribution is -2.42. The van der Waals surface area contributed by atoms with Crippen LogP contribution in [0.15, 0.2) is 52.7 Å². The van der Waals surface area contributed by atoms with Gasteiger partial charge < -0.3 is 24.8 Å². The zero-order valence-corrected chi connectivity index (χ0v) is 23.5. The van der Waals surface area contributed by atoms with Crippen molar-refractivity contribution in [1.29, 1.82) is 0 Å². The minimum atomic E-state index is -0.626. The number of primary amides is 1. The molecule has 0 unspecified atom stereocenters. The second-order valence-electron chi connectivity index (χ2n) is 9.63. The Labute approximate surface area is 230 Å². The molecular weight excluding hydrogens is 500 g/mol. The predicted octanol–water partition coefficient (Wildman–Crippen LogP) is 4.94. The van der Waals surface area contributed by atoms with E-state index < -0.39 is 5.91 Å². The Bertz CT molecular complexity index is 1110. The third-order valence-corrected chi connectivity index (χ3v) is 5.61. The van der Waals surface area contributed by atoms with Crippen molar-refractivity contribution in [3.8, 4) is 17.2 Å². The third kappa shape index (κ3) is 11.1. The van der Waals surface area contributed by atoms with Crippen LogP contribution < -0.4 is 19.9 Å². The fourth-order valence-corrected chi connectivity index (χ4v) is 3.91. The molecular formula is C29H40N4O6. The van der Waals surface area contributed by atoms with Crippen LogP contribution in [-0.4, -0.2) is 54.5 Å². The molecule has 0 atom stereocenters. The van der Waals surface area contributed by atoms with Crippen molar-refractivity contribution in [3.05, 3.63) is 53.6 Å². The van der Waals surface area contributed by atoms with Gasteiger partial charge in [0.2, 0.25) is 0 Å². The molecule has 0 aliphatic carbocycles. The number of nitrogens with zero attached hydrogens (tertiary/aromatic N) is 3. The van der Waals surface area contributed by atoms with E-state index in [1.807, 2.05) is 52.0 Å². The SMILES string of the molecule is CC(=O)N=NCc1ccc(OCCCCCOc2ccc(C(=O)N(C(C)C)C(C)C)c(OCC(N)=O)c2)cc1. The first kappa shape index (κ1) is 31.3. The summed E-state index contributed by atoms with van der Waals surface area (Å²) >= 11 is 0. The van der Waals surface area contributed by atoms with Gasteiger partial charge in [0.1, 0.15) is 17.2 Å². The molecule has 3 amide bonds. The standard InChI is InChI=1S/C29H40N4O6/c1-20(2)33(21(3)4)29(36)26-14-13-25(17-27(26)39-19-28(30)35)38-16-8-6-7-15-37-24-11-9-23(10-12-24)18-31-32-22(5)34/h9-14,17,20-21H,6-8,15-16,18-19H2,1-5H3,(H2,30,35). The lowest BCUT2D eigenvalue weighted by Gasteiger charge is -2.31. The van der Waals surface area contributed by atoms with Crippen molar-refractivity contribution in [1.82, 2.24) is 4.90 Å². The maximum atomic E-state index is 13.2. The molecule has 0 bridgehead atoms. The summed E-state index contributed by atoms with van der Waals surface area (Å²) in [6, 6.07) is 12.5. The first-order valence-corrected chi connectivity index (χ1v) is 13.2. The minimum absolute atomic E-state index is 0.00311. The van der Waals surface area contributed by atoms with E-state index in [0.717, 1.165) is 30.6 Å². The summed E-state index contributed by atoms with van der Waals surface area (Å²) < 4.78 is 17.2. The Hall–Kier alpha value is -3.95. The Morgan fingerprint density at radius 1 is 0.846 bits per heavy atom. The van der Waals surface area contributed by atoms with Crippen molar-refractivity contribution in [2.45, 2.75) is 72.5 Å². The smallest absolute Gasteiger partial charge is 0.261 e. The van der Waals surface area contributed by atoms with Crippen molar-refractivity contribution < 1.29 is 28.6 Å². The molecule has 0 saturated carbocycles. The lowest BCUT2D eigenvalue weighted by atomic mass is 10.1. The summed E-state index contributed by atoms with van der Waals surface area (Å²) in [5.41, 5.74) is 6.56. The number of nitrogens with two attached hydrogens (primary N) is 1. The minimum Gasteiger partial charge on any atom is -0.494 e. The van der Waals surface area contributed by atoms with Gasteiger partial charge >= 0.3 is 0 Å². The number of azo groups is 1. The number of hydrogen-bond donors (Lipinski definition) is 1. The van der Waals surface area contributed by atoms with Gasteiger partial charge in [-0.05, 0) is 76.8 Å².